The Morgan fingerprint density at radius 2 is 1.33 bits per heavy atom. The van der Waals surface area contributed by atoms with Crippen molar-refractivity contribution in [2.75, 3.05) is 0 Å². The van der Waals surface area contributed by atoms with E-state index in [1.165, 1.54) is 12.1 Å². The lowest BCUT2D eigenvalue weighted by molar-refractivity contribution is 0.0697. The quantitative estimate of drug-likeness (QED) is 0.597. The van der Waals surface area contributed by atoms with Crippen LogP contribution in [0.25, 0.3) is 4.98 Å². The molecule has 6 nitrogen and oxygen atoms in total. The molecule has 3 rings (SSSR count). The average Bonchev–Trinajstić information content (AvgIpc) is 2.72. The number of carboxylic acids is 1. The molecule has 0 bridgehead atoms. The van der Waals surface area contributed by atoms with E-state index in [9.17, 15) is 9.90 Å². The van der Waals surface area contributed by atoms with Gasteiger partial charge in [-0.25, -0.2) is 4.79 Å². The summed E-state index contributed by atoms with van der Waals surface area (Å²) < 4.78 is 11.6. The SMILES string of the molecule is N#[N+]c1cc(OCc2ccccc2)c(OCc2ccccc2)cc1C(=O)O. The largest absolute Gasteiger partial charge is 0.485 e. The molecule has 6 heteroatoms. The van der Waals surface area contributed by atoms with E-state index < -0.39 is 5.97 Å². The Balaban J connectivity index is 1.88. The predicted molar refractivity (Wildman–Crippen MR) is 99.7 cm³/mol. The molecular weight excluding hydrogens is 344 g/mol. The Bertz CT molecular complexity index is 967. The van der Waals surface area contributed by atoms with Crippen LogP contribution in [0.15, 0.2) is 72.8 Å². The van der Waals surface area contributed by atoms with Crippen molar-refractivity contribution in [2.45, 2.75) is 13.2 Å². The smallest absolute Gasteiger partial charge is 0.403 e. The molecule has 0 fully saturated rings. The molecule has 0 radical (unpaired) electrons. The maximum absolute atomic E-state index is 11.4. The number of hydrogen-bond acceptors (Lipinski definition) is 4. The number of benzene rings is 3. The summed E-state index contributed by atoms with van der Waals surface area (Å²) in [5.41, 5.74) is 1.60. The van der Waals surface area contributed by atoms with E-state index in [4.69, 9.17) is 14.9 Å². The molecule has 3 aromatic carbocycles. The highest BCUT2D eigenvalue weighted by Crippen LogP contribution is 2.36. The van der Waals surface area contributed by atoms with Crippen molar-refractivity contribution in [3.8, 4) is 11.5 Å². The third-order valence-electron chi connectivity index (χ3n) is 3.87. The van der Waals surface area contributed by atoms with Gasteiger partial charge in [0.1, 0.15) is 13.2 Å². The summed E-state index contributed by atoms with van der Waals surface area (Å²) in [6.45, 7) is 0.511. The van der Waals surface area contributed by atoms with E-state index in [1.807, 2.05) is 60.7 Å². The Morgan fingerprint density at radius 1 is 0.852 bits per heavy atom. The Hall–Kier alpha value is -3.85. The summed E-state index contributed by atoms with van der Waals surface area (Å²) in [4.78, 5) is 14.5. The summed E-state index contributed by atoms with van der Waals surface area (Å²) >= 11 is 0. The van der Waals surface area contributed by atoms with E-state index in [0.717, 1.165) is 11.1 Å². The molecule has 0 aliphatic heterocycles. The van der Waals surface area contributed by atoms with E-state index in [-0.39, 0.29) is 30.2 Å². The minimum atomic E-state index is -1.22. The monoisotopic (exact) mass is 361 g/mol. The lowest BCUT2D eigenvalue weighted by atomic mass is 10.1. The first-order chi connectivity index (χ1) is 13.2. The number of ether oxygens (including phenoxy) is 2. The first-order valence-corrected chi connectivity index (χ1v) is 8.27. The molecule has 0 amide bonds. The first-order valence-electron chi connectivity index (χ1n) is 8.27. The Kier molecular flexibility index (Phi) is 5.65. The van der Waals surface area contributed by atoms with Crippen LogP contribution in [-0.2, 0) is 13.2 Å². The van der Waals surface area contributed by atoms with Crippen molar-refractivity contribution in [1.29, 1.82) is 5.39 Å². The fraction of sp³-hybridized carbons (Fsp3) is 0.0952. The number of nitrogens with zero attached hydrogens (tertiary/aromatic N) is 2. The Morgan fingerprint density at radius 3 is 1.78 bits per heavy atom. The second-order valence-corrected chi connectivity index (χ2v) is 5.77. The van der Waals surface area contributed by atoms with Crippen LogP contribution in [0.1, 0.15) is 21.5 Å². The number of diazo groups is 1. The van der Waals surface area contributed by atoms with E-state index in [1.54, 1.807) is 0 Å². The zero-order chi connectivity index (χ0) is 19.1. The van der Waals surface area contributed by atoms with Crippen molar-refractivity contribution < 1.29 is 19.4 Å². The standard InChI is InChI=1S/C21H16N2O4/c22-23-18-12-20(27-14-16-9-5-2-6-10-16)19(11-17(18)21(24)25)26-13-15-7-3-1-4-8-15/h1-12H,13-14H2/p+1. The molecule has 0 aliphatic carbocycles. The van der Waals surface area contributed by atoms with Crippen LogP contribution in [0, 0.1) is 5.39 Å². The van der Waals surface area contributed by atoms with Crippen LogP contribution in [-0.4, -0.2) is 11.1 Å². The lowest BCUT2D eigenvalue weighted by Crippen LogP contribution is -2.03. The van der Waals surface area contributed by atoms with Gasteiger partial charge in [0.25, 0.3) is 0 Å². The van der Waals surface area contributed by atoms with E-state index in [0.29, 0.717) is 5.75 Å². The molecule has 3 aromatic rings. The minimum Gasteiger partial charge on any atom is -0.485 e. The summed E-state index contributed by atoms with van der Waals surface area (Å²) in [5.74, 6) is -0.658. The van der Waals surface area contributed by atoms with Gasteiger partial charge in [-0.2, -0.15) is 0 Å². The molecule has 0 unspecified atom stereocenters. The van der Waals surface area contributed by atoms with Crippen LogP contribution in [0.2, 0.25) is 0 Å². The molecule has 0 spiro atoms. The van der Waals surface area contributed by atoms with Gasteiger partial charge in [-0.15, -0.1) is 0 Å². The molecule has 0 saturated carbocycles. The van der Waals surface area contributed by atoms with Crippen molar-refractivity contribution in [1.82, 2.24) is 0 Å². The van der Waals surface area contributed by atoms with Crippen molar-refractivity contribution in [3.05, 3.63) is 94.5 Å². The third-order valence-corrected chi connectivity index (χ3v) is 3.87. The van der Waals surface area contributed by atoms with Crippen molar-refractivity contribution >= 4 is 11.7 Å². The van der Waals surface area contributed by atoms with Gasteiger partial charge >= 0.3 is 11.7 Å². The van der Waals surface area contributed by atoms with Crippen molar-refractivity contribution in [3.63, 3.8) is 0 Å². The minimum absolute atomic E-state index is 0.0994. The van der Waals surface area contributed by atoms with Gasteiger partial charge in [-0.3, -0.25) is 0 Å². The normalized spacial score (nSPS) is 10.0. The summed E-state index contributed by atoms with van der Waals surface area (Å²) in [7, 11) is 0. The van der Waals surface area contributed by atoms with Gasteiger partial charge < -0.3 is 14.6 Å². The Labute approximate surface area is 156 Å². The van der Waals surface area contributed by atoms with Crippen LogP contribution < -0.4 is 9.47 Å². The number of carboxylic acid groups (broad SMARTS) is 1. The second kappa shape index (κ2) is 8.50. The van der Waals surface area contributed by atoms with Gasteiger partial charge in [0.05, 0.1) is 6.07 Å². The molecule has 0 aromatic heterocycles. The fourth-order valence-electron chi connectivity index (χ4n) is 2.50. The first kappa shape index (κ1) is 18.0. The molecular formula is C21H17N2O4+. The van der Waals surface area contributed by atoms with Gasteiger partial charge in [-0.05, 0) is 11.1 Å². The van der Waals surface area contributed by atoms with E-state index >= 15 is 0 Å². The van der Waals surface area contributed by atoms with Crippen LogP contribution in [0.3, 0.4) is 0 Å². The van der Waals surface area contributed by atoms with Gasteiger partial charge in [0, 0.05) is 6.07 Å². The summed E-state index contributed by atoms with van der Waals surface area (Å²) in [6.07, 6.45) is 0. The van der Waals surface area contributed by atoms with Crippen LogP contribution >= 0.6 is 0 Å². The maximum atomic E-state index is 11.4. The number of rotatable bonds is 7. The fourth-order valence-corrected chi connectivity index (χ4v) is 2.50. The topological polar surface area (TPSA) is 83.9 Å². The molecule has 1 N–H and O–H groups in total. The summed E-state index contributed by atoms with van der Waals surface area (Å²) in [5, 5.41) is 18.5. The highest BCUT2D eigenvalue weighted by Gasteiger charge is 2.25. The van der Waals surface area contributed by atoms with Crippen LogP contribution in [0.4, 0.5) is 5.69 Å². The number of hydrogen-bond donors (Lipinski definition) is 1. The van der Waals surface area contributed by atoms with E-state index in [2.05, 4.69) is 4.98 Å². The lowest BCUT2D eigenvalue weighted by Gasteiger charge is -2.13. The zero-order valence-corrected chi connectivity index (χ0v) is 14.4. The second-order valence-electron chi connectivity index (χ2n) is 5.77. The van der Waals surface area contributed by atoms with Crippen LogP contribution in [0.5, 0.6) is 11.5 Å². The highest BCUT2D eigenvalue weighted by atomic mass is 16.5. The van der Waals surface area contributed by atoms with Gasteiger partial charge in [0.15, 0.2) is 22.0 Å². The molecule has 0 aliphatic rings. The average molecular weight is 361 g/mol. The maximum Gasteiger partial charge on any atom is 0.403 e. The number of carbonyl (C=O) groups is 1. The number of aromatic carboxylic acids is 1. The zero-order valence-electron chi connectivity index (χ0n) is 14.4. The third kappa shape index (κ3) is 4.61. The van der Waals surface area contributed by atoms with Crippen molar-refractivity contribution in [2.24, 2.45) is 0 Å². The highest BCUT2D eigenvalue weighted by molar-refractivity contribution is 5.95. The predicted octanol–water partition coefficient (Wildman–Crippen LogP) is 5.03. The molecule has 0 heterocycles. The molecule has 0 atom stereocenters. The summed E-state index contributed by atoms with van der Waals surface area (Å²) in [6, 6.07) is 21.7. The van der Waals surface area contributed by atoms with Gasteiger partial charge in [-0.1, -0.05) is 60.7 Å². The molecule has 134 valence electrons. The van der Waals surface area contributed by atoms with Gasteiger partial charge in [0.2, 0.25) is 5.39 Å². The molecule has 27 heavy (non-hydrogen) atoms. The molecule has 0 saturated heterocycles.